The van der Waals surface area contributed by atoms with Gasteiger partial charge in [0.05, 0.1) is 17.9 Å². The molecule has 8 nitrogen and oxygen atoms in total. The maximum atomic E-state index is 13.0. The van der Waals surface area contributed by atoms with Crippen LogP contribution in [-0.2, 0) is 23.9 Å². The van der Waals surface area contributed by atoms with Crippen LogP contribution in [0.4, 0.5) is 0 Å². The maximum Gasteiger partial charge on any atom is 0.330 e. The van der Waals surface area contributed by atoms with E-state index in [0.29, 0.717) is 0 Å². The molecule has 8 heteroatoms. The van der Waals surface area contributed by atoms with Crippen LogP contribution in [0, 0.1) is 5.41 Å². The zero-order chi connectivity index (χ0) is 20.1. The molecule has 1 aliphatic carbocycles. The van der Waals surface area contributed by atoms with Gasteiger partial charge in [0.15, 0.2) is 5.78 Å². The molecule has 0 aromatic carbocycles. The lowest BCUT2D eigenvalue weighted by Gasteiger charge is -2.38. The Hall–Kier alpha value is -2.48. The van der Waals surface area contributed by atoms with Crippen LogP contribution < -0.4 is 11.1 Å². The van der Waals surface area contributed by atoms with Gasteiger partial charge in [-0.1, -0.05) is 24.3 Å². The molecule has 1 unspecified atom stereocenters. The van der Waals surface area contributed by atoms with Crippen LogP contribution in [0.5, 0.6) is 0 Å². The van der Waals surface area contributed by atoms with E-state index < -0.39 is 53.1 Å². The van der Waals surface area contributed by atoms with Crippen LogP contribution in [0.1, 0.15) is 40.5 Å². The van der Waals surface area contributed by atoms with E-state index in [1.807, 2.05) is 0 Å². The van der Waals surface area contributed by atoms with Crippen molar-refractivity contribution in [2.24, 2.45) is 11.1 Å². The standard InChI is InChI=1S/C18H26N2O6/c1-11(21)20-14(16(25)26-17(2,3)4)18(8-6-5-7-9-18)15(24)12(19)10-13(22)23/h5-8,12,14H,9-10,19H2,1-4H3,(H,20,21)(H,22,23)/t12-,14-,18?/m0/s1. The van der Waals surface area contributed by atoms with Crippen molar-refractivity contribution in [2.45, 2.75) is 58.2 Å². The molecule has 0 spiro atoms. The number of nitrogens with two attached hydrogens (primary N) is 1. The first-order chi connectivity index (χ1) is 11.9. The molecule has 0 fully saturated rings. The number of hydrogen-bond acceptors (Lipinski definition) is 6. The Balaban J connectivity index is 3.35. The van der Waals surface area contributed by atoms with Crippen LogP contribution in [-0.4, -0.2) is 46.4 Å². The van der Waals surface area contributed by atoms with E-state index in [9.17, 15) is 19.2 Å². The summed E-state index contributed by atoms with van der Waals surface area (Å²) in [4.78, 5) is 48.4. The van der Waals surface area contributed by atoms with Gasteiger partial charge in [0, 0.05) is 6.92 Å². The number of nitrogens with one attached hydrogen (secondary N) is 1. The Labute approximate surface area is 152 Å². The Morgan fingerprint density at radius 2 is 1.88 bits per heavy atom. The van der Waals surface area contributed by atoms with Gasteiger partial charge in [0.2, 0.25) is 5.91 Å². The number of rotatable bonds is 7. The molecular formula is C18H26N2O6. The molecule has 0 saturated carbocycles. The summed E-state index contributed by atoms with van der Waals surface area (Å²) in [6.45, 7) is 6.21. The van der Waals surface area contributed by atoms with Gasteiger partial charge < -0.3 is 20.9 Å². The predicted molar refractivity (Wildman–Crippen MR) is 94.0 cm³/mol. The lowest BCUT2D eigenvalue weighted by atomic mass is 9.69. The van der Waals surface area contributed by atoms with E-state index >= 15 is 0 Å². The summed E-state index contributed by atoms with van der Waals surface area (Å²) in [5.41, 5.74) is 3.42. The molecule has 0 radical (unpaired) electrons. The van der Waals surface area contributed by atoms with Gasteiger partial charge in [-0.05, 0) is 27.2 Å². The summed E-state index contributed by atoms with van der Waals surface area (Å²) in [6.07, 6.45) is 5.88. The number of ketones is 1. The maximum absolute atomic E-state index is 13.0. The number of hydrogen-bond donors (Lipinski definition) is 3. The minimum Gasteiger partial charge on any atom is -0.481 e. The Morgan fingerprint density at radius 1 is 1.27 bits per heavy atom. The van der Waals surface area contributed by atoms with E-state index in [0.717, 1.165) is 0 Å². The van der Waals surface area contributed by atoms with Gasteiger partial charge in [-0.15, -0.1) is 0 Å². The molecule has 1 amide bonds. The van der Waals surface area contributed by atoms with Gasteiger partial charge in [0.25, 0.3) is 0 Å². The van der Waals surface area contributed by atoms with Crippen molar-refractivity contribution in [1.29, 1.82) is 0 Å². The van der Waals surface area contributed by atoms with Crippen molar-refractivity contribution in [1.82, 2.24) is 5.32 Å². The number of Topliss-reactive ketones (excluding diaryl/α,β-unsaturated/α-hetero) is 1. The lowest BCUT2D eigenvalue weighted by molar-refractivity contribution is -0.163. The van der Waals surface area contributed by atoms with Crippen LogP contribution in [0.2, 0.25) is 0 Å². The summed E-state index contributed by atoms with van der Waals surface area (Å²) in [6, 6.07) is -2.66. The Morgan fingerprint density at radius 3 is 2.31 bits per heavy atom. The number of allylic oxidation sites excluding steroid dienone is 3. The first-order valence-electron chi connectivity index (χ1n) is 8.25. The van der Waals surface area contributed by atoms with Gasteiger partial charge in [-0.25, -0.2) is 4.79 Å². The fourth-order valence-electron chi connectivity index (χ4n) is 2.76. The largest absolute Gasteiger partial charge is 0.481 e. The normalized spacial score (nSPS) is 21.6. The average Bonchev–Trinajstić information content (AvgIpc) is 2.50. The van der Waals surface area contributed by atoms with E-state index in [4.69, 9.17) is 15.6 Å². The molecule has 1 aliphatic rings. The first-order valence-corrected chi connectivity index (χ1v) is 8.25. The van der Waals surface area contributed by atoms with Crippen molar-refractivity contribution in [3.05, 3.63) is 24.3 Å². The summed E-state index contributed by atoms with van der Waals surface area (Å²) in [5.74, 6) is -3.19. The predicted octanol–water partition coefficient (Wildman–Crippen LogP) is 0.706. The summed E-state index contributed by atoms with van der Waals surface area (Å²) in [7, 11) is 0. The van der Waals surface area contributed by atoms with Crippen LogP contribution in [0.25, 0.3) is 0 Å². The highest BCUT2D eigenvalue weighted by molar-refractivity contribution is 6.00. The first kappa shape index (κ1) is 21.6. The highest BCUT2D eigenvalue weighted by atomic mass is 16.6. The number of aliphatic carboxylic acids is 1. The van der Waals surface area contributed by atoms with Crippen LogP contribution in [0.3, 0.4) is 0 Å². The summed E-state index contributed by atoms with van der Waals surface area (Å²) < 4.78 is 5.37. The molecule has 0 aromatic rings. The highest BCUT2D eigenvalue weighted by Crippen LogP contribution is 2.36. The SMILES string of the molecule is CC(=O)N[C@@H](C(=O)OC(C)(C)C)C1(C(=O)[C@@H](N)CC(=O)O)C=CC=CC1. The molecule has 0 aliphatic heterocycles. The minimum atomic E-state index is -1.52. The van der Waals surface area contributed by atoms with Gasteiger partial charge in [0.1, 0.15) is 11.6 Å². The third-order valence-electron chi connectivity index (χ3n) is 3.79. The third kappa shape index (κ3) is 5.52. The quantitative estimate of drug-likeness (QED) is 0.564. The molecule has 144 valence electrons. The fourth-order valence-corrected chi connectivity index (χ4v) is 2.76. The molecule has 26 heavy (non-hydrogen) atoms. The number of carbonyl (C=O) groups excluding carboxylic acids is 3. The minimum absolute atomic E-state index is 0.0832. The number of esters is 1. The van der Waals surface area contributed by atoms with Crippen LogP contribution in [0.15, 0.2) is 24.3 Å². The number of carboxylic acid groups (broad SMARTS) is 1. The number of amides is 1. The molecule has 0 aromatic heterocycles. The molecule has 4 N–H and O–H groups in total. The van der Waals surface area contributed by atoms with E-state index in [1.54, 1.807) is 39.0 Å². The third-order valence-corrected chi connectivity index (χ3v) is 3.79. The monoisotopic (exact) mass is 366 g/mol. The number of ether oxygens (including phenoxy) is 1. The molecule has 0 saturated heterocycles. The van der Waals surface area contributed by atoms with Crippen LogP contribution >= 0.6 is 0 Å². The number of carbonyl (C=O) groups is 4. The topological polar surface area (TPSA) is 136 Å². The van der Waals surface area contributed by atoms with Crippen molar-refractivity contribution >= 4 is 23.6 Å². The Bertz CT molecular complexity index is 647. The van der Waals surface area contributed by atoms with Crippen molar-refractivity contribution in [3.8, 4) is 0 Å². The van der Waals surface area contributed by atoms with E-state index in [2.05, 4.69) is 5.32 Å². The average molecular weight is 366 g/mol. The summed E-state index contributed by atoms with van der Waals surface area (Å²) in [5, 5.41) is 11.4. The molecule has 0 heterocycles. The van der Waals surface area contributed by atoms with Gasteiger partial charge >= 0.3 is 11.9 Å². The smallest absolute Gasteiger partial charge is 0.330 e. The fraction of sp³-hybridized carbons (Fsp3) is 0.556. The number of carboxylic acids is 1. The second-order valence-corrected chi connectivity index (χ2v) is 7.27. The zero-order valence-corrected chi connectivity index (χ0v) is 15.4. The van der Waals surface area contributed by atoms with Crippen molar-refractivity contribution in [3.63, 3.8) is 0 Å². The van der Waals surface area contributed by atoms with Gasteiger partial charge in [-0.2, -0.15) is 0 Å². The second kappa shape index (κ2) is 8.27. The molecule has 0 bridgehead atoms. The molecule has 3 atom stereocenters. The van der Waals surface area contributed by atoms with E-state index in [1.165, 1.54) is 13.0 Å². The van der Waals surface area contributed by atoms with E-state index in [-0.39, 0.29) is 6.42 Å². The van der Waals surface area contributed by atoms with Crippen molar-refractivity contribution in [2.75, 3.05) is 0 Å². The van der Waals surface area contributed by atoms with Gasteiger partial charge in [-0.3, -0.25) is 14.4 Å². The molecule has 1 rings (SSSR count). The molecular weight excluding hydrogens is 340 g/mol. The lowest BCUT2D eigenvalue weighted by Crippen LogP contribution is -2.59. The highest BCUT2D eigenvalue weighted by Gasteiger charge is 2.50. The van der Waals surface area contributed by atoms with Crippen molar-refractivity contribution < 1.29 is 29.0 Å². The summed E-state index contributed by atoms with van der Waals surface area (Å²) >= 11 is 0. The Kier molecular flexibility index (Phi) is 6.86. The zero-order valence-electron chi connectivity index (χ0n) is 15.4. The second-order valence-electron chi connectivity index (χ2n) is 7.27.